The molecule has 6 heteroatoms. The summed E-state index contributed by atoms with van der Waals surface area (Å²) < 4.78 is 38.2. The van der Waals surface area contributed by atoms with Crippen LogP contribution in [0.4, 0.5) is 13.2 Å². The molecule has 2 rings (SSSR count). The Balaban J connectivity index is 2.39. The zero-order valence-electron chi connectivity index (χ0n) is 8.46. The summed E-state index contributed by atoms with van der Waals surface area (Å²) >= 11 is 5.53. The molecular formula is C11H8ClF3O2. The second-order valence-corrected chi connectivity index (χ2v) is 4.45. The van der Waals surface area contributed by atoms with Gasteiger partial charge in [-0.2, -0.15) is 13.2 Å². The highest BCUT2D eigenvalue weighted by Crippen LogP contribution is 2.51. The number of halogens is 4. The van der Waals surface area contributed by atoms with E-state index in [1.807, 2.05) is 0 Å². The smallest absolute Gasteiger partial charge is 0.416 e. The van der Waals surface area contributed by atoms with Gasteiger partial charge in [0.15, 0.2) is 0 Å². The van der Waals surface area contributed by atoms with E-state index in [9.17, 15) is 18.0 Å². The van der Waals surface area contributed by atoms with Crippen LogP contribution in [0, 0.1) is 5.92 Å². The highest BCUT2D eigenvalue weighted by Gasteiger charge is 2.48. The molecule has 1 fully saturated rings. The van der Waals surface area contributed by atoms with Crippen molar-refractivity contribution in [2.45, 2.75) is 18.5 Å². The SMILES string of the molecule is O=C(O)[C@@H]1C[C@H]1c1ccc(Cl)cc1C(F)(F)F. The number of rotatable bonds is 2. The van der Waals surface area contributed by atoms with Crippen molar-refractivity contribution in [1.29, 1.82) is 0 Å². The van der Waals surface area contributed by atoms with E-state index >= 15 is 0 Å². The summed E-state index contributed by atoms with van der Waals surface area (Å²) in [6, 6.07) is 3.45. The lowest BCUT2D eigenvalue weighted by molar-refractivity contribution is -0.140. The van der Waals surface area contributed by atoms with Crippen molar-refractivity contribution in [3.63, 3.8) is 0 Å². The van der Waals surface area contributed by atoms with E-state index in [0.29, 0.717) is 0 Å². The van der Waals surface area contributed by atoms with Gasteiger partial charge in [-0.15, -0.1) is 0 Å². The molecule has 0 bridgehead atoms. The van der Waals surface area contributed by atoms with Crippen LogP contribution in [-0.4, -0.2) is 11.1 Å². The minimum Gasteiger partial charge on any atom is -0.481 e. The molecule has 1 aromatic rings. The van der Waals surface area contributed by atoms with Crippen LogP contribution in [0.5, 0.6) is 0 Å². The Morgan fingerprint density at radius 1 is 1.41 bits per heavy atom. The molecule has 92 valence electrons. The highest BCUT2D eigenvalue weighted by atomic mass is 35.5. The minimum absolute atomic E-state index is 0.00593. The quantitative estimate of drug-likeness (QED) is 0.887. The molecule has 1 saturated carbocycles. The van der Waals surface area contributed by atoms with Gasteiger partial charge < -0.3 is 5.11 Å². The van der Waals surface area contributed by atoms with E-state index in [-0.39, 0.29) is 17.0 Å². The molecule has 17 heavy (non-hydrogen) atoms. The molecular weight excluding hydrogens is 257 g/mol. The van der Waals surface area contributed by atoms with Crippen molar-refractivity contribution in [2.75, 3.05) is 0 Å². The summed E-state index contributed by atoms with van der Waals surface area (Å²) in [6.07, 6.45) is -4.26. The molecule has 1 aliphatic carbocycles. The van der Waals surface area contributed by atoms with Crippen LogP contribution in [0.1, 0.15) is 23.5 Å². The number of hydrogen-bond donors (Lipinski definition) is 1. The molecule has 0 radical (unpaired) electrons. The Bertz CT molecular complexity index is 470. The Kier molecular flexibility index (Phi) is 2.81. The van der Waals surface area contributed by atoms with Crippen LogP contribution in [-0.2, 0) is 11.0 Å². The minimum atomic E-state index is -4.51. The topological polar surface area (TPSA) is 37.3 Å². The third-order valence-corrected chi connectivity index (χ3v) is 3.06. The van der Waals surface area contributed by atoms with Gasteiger partial charge in [-0.25, -0.2) is 0 Å². The van der Waals surface area contributed by atoms with Gasteiger partial charge >= 0.3 is 12.1 Å². The van der Waals surface area contributed by atoms with Gasteiger partial charge in [0, 0.05) is 5.02 Å². The largest absolute Gasteiger partial charge is 0.481 e. The zero-order chi connectivity index (χ0) is 12.8. The second-order valence-electron chi connectivity index (χ2n) is 4.02. The fourth-order valence-corrected chi connectivity index (χ4v) is 2.08. The highest BCUT2D eigenvalue weighted by molar-refractivity contribution is 6.30. The lowest BCUT2D eigenvalue weighted by Gasteiger charge is -2.12. The predicted octanol–water partition coefficient (Wildman–Crippen LogP) is 3.55. The first-order valence-corrected chi connectivity index (χ1v) is 5.28. The second kappa shape index (κ2) is 3.91. The van der Waals surface area contributed by atoms with Crippen LogP contribution in [0.15, 0.2) is 18.2 Å². The standard InChI is InChI=1S/C11H8ClF3O2/c12-5-1-2-6(7-4-8(7)10(16)17)9(3-5)11(13,14)15/h1-3,7-8H,4H2,(H,16,17)/t7-,8+/m0/s1. The third-order valence-electron chi connectivity index (χ3n) is 2.83. The van der Waals surface area contributed by atoms with Crippen LogP contribution in [0.3, 0.4) is 0 Å². The molecule has 1 aromatic carbocycles. The van der Waals surface area contributed by atoms with Crippen molar-refractivity contribution in [2.24, 2.45) is 5.92 Å². The summed E-state index contributed by atoms with van der Waals surface area (Å²) in [6.45, 7) is 0. The predicted molar refractivity (Wildman–Crippen MR) is 54.9 cm³/mol. The van der Waals surface area contributed by atoms with E-state index in [1.165, 1.54) is 12.1 Å². The van der Waals surface area contributed by atoms with Gasteiger partial charge in [-0.05, 0) is 30.0 Å². The van der Waals surface area contributed by atoms with Crippen molar-refractivity contribution in [3.05, 3.63) is 34.3 Å². The Labute approximate surface area is 100 Å². The monoisotopic (exact) mass is 264 g/mol. The molecule has 0 saturated heterocycles. The van der Waals surface area contributed by atoms with Crippen molar-refractivity contribution < 1.29 is 23.1 Å². The Hall–Kier alpha value is -1.23. The Morgan fingerprint density at radius 2 is 2.06 bits per heavy atom. The first-order valence-electron chi connectivity index (χ1n) is 4.90. The van der Waals surface area contributed by atoms with Crippen LogP contribution >= 0.6 is 11.6 Å². The number of carboxylic acids is 1. The van der Waals surface area contributed by atoms with Gasteiger partial charge in [-0.3, -0.25) is 4.79 Å². The van der Waals surface area contributed by atoms with Gasteiger partial charge in [0.25, 0.3) is 0 Å². The molecule has 0 spiro atoms. The lowest BCUT2D eigenvalue weighted by Crippen LogP contribution is -2.10. The number of aliphatic carboxylic acids is 1. The average molecular weight is 265 g/mol. The number of carboxylic acid groups (broad SMARTS) is 1. The van der Waals surface area contributed by atoms with Gasteiger partial charge in [0.2, 0.25) is 0 Å². The van der Waals surface area contributed by atoms with Crippen LogP contribution in [0.25, 0.3) is 0 Å². The molecule has 0 aliphatic heterocycles. The summed E-state index contributed by atoms with van der Waals surface area (Å²) in [7, 11) is 0. The molecule has 1 aliphatic rings. The normalized spacial score (nSPS) is 23.5. The summed E-state index contributed by atoms with van der Waals surface area (Å²) in [5, 5.41) is 8.72. The van der Waals surface area contributed by atoms with E-state index in [2.05, 4.69) is 0 Å². The molecule has 2 nitrogen and oxygen atoms in total. The lowest BCUT2D eigenvalue weighted by atomic mass is 10.0. The summed E-state index contributed by atoms with van der Waals surface area (Å²) in [4.78, 5) is 10.7. The fourth-order valence-electron chi connectivity index (χ4n) is 1.91. The zero-order valence-corrected chi connectivity index (χ0v) is 9.22. The van der Waals surface area contributed by atoms with E-state index in [4.69, 9.17) is 16.7 Å². The van der Waals surface area contributed by atoms with Crippen molar-refractivity contribution in [3.8, 4) is 0 Å². The van der Waals surface area contributed by atoms with Crippen LogP contribution in [0.2, 0.25) is 5.02 Å². The molecule has 0 aromatic heterocycles. The maximum atomic E-state index is 12.7. The van der Waals surface area contributed by atoms with Crippen molar-refractivity contribution in [1.82, 2.24) is 0 Å². The first kappa shape index (κ1) is 12.2. The first-order chi connectivity index (χ1) is 7.80. The van der Waals surface area contributed by atoms with Crippen LogP contribution < -0.4 is 0 Å². The maximum absolute atomic E-state index is 12.7. The number of alkyl halides is 3. The van der Waals surface area contributed by atoms with Crippen molar-refractivity contribution >= 4 is 17.6 Å². The van der Waals surface area contributed by atoms with E-state index in [1.54, 1.807) is 0 Å². The van der Waals surface area contributed by atoms with Gasteiger partial charge in [-0.1, -0.05) is 17.7 Å². The van der Waals surface area contributed by atoms with Gasteiger partial charge in [0.1, 0.15) is 0 Å². The molecule has 0 amide bonds. The number of carbonyl (C=O) groups is 1. The Morgan fingerprint density at radius 3 is 2.53 bits per heavy atom. The summed E-state index contributed by atoms with van der Waals surface area (Å²) in [5.74, 6) is -2.32. The molecule has 0 heterocycles. The molecule has 0 unspecified atom stereocenters. The fraction of sp³-hybridized carbons (Fsp3) is 0.364. The summed E-state index contributed by atoms with van der Waals surface area (Å²) in [5.41, 5.74) is -0.812. The third kappa shape index (κ3) is 2.39. The average Bonchev–Trinajstić information content (AvgIpc) is 2.95. The maximum Gasteiger partial charge on any atom is 0.416 e. The van der Waals surface area contributed by atoms with E-state index in [0.717, 1.165) is 6.07 Å². The van der Waals surface area contributed by atoms with E-state index < -0.39 is 29.5 Å². The molecule has 2 atom stereocenters. The number of hydrogen-bond acceptors (Lipinski definition) is 1. The van der Waals surface area contributed by atoms with Gasteiger partial charge in [0.05, 0.1) is 11.5 Å². The number of benzene rings is 1. The molecule has 1 N–H and O–H groups in total.